The van der Waals surface area contributed by atoms with Gasteiger partial charge in [-0.3, -0.25) is 9.59 Å². The second kappa shape index (κ2) is 9.31. The van der Waals surface area contributed by atoms with Gasteiger partial charge in [-0.15, -0.1) is 0 Å². The fourth-order valence-corrected chi connectivity index (χ4v) is 2.87. The van der Waals surface area contributed by atoms with E-state index in [1.807, 2.05) is 7.05 Å². The number of halogens is 2. The SMILES string of the molecule is CNCCCNC(=O)C1CCCN1C(=O)c1ccccc1OC(F)F. The lowest BCUT2D eigenvalue weighted by Crippen LogP contribution is -2.46. The molecule has 1 aromatic carbocycles. The number of benzene rings is 1. The Morgan fingerprint density at radius 3 is 2.80 bits per heavy atom. The number of nitrogens with one attached hydrogen (secondary N) is 2. The maximum absolute atomic E-state index is 12.8. The molecule has 0 aromatic heterocycles. The number of hydrogen-bond donors (Lipinski definition) is 2. The molecule has 0 spiro atoms. The number of carbonyl (C=O) groups is 2. The molecule has 0 radical (unpaired) electrons. The molecule has 0 bridgehead atoms. The third-order valence-electron chi connectivity index (χ3n) is 4.05. The molecule has 2 N–H and O–H groups in total. The van der Waals surface area contributed by atoms with Crippen LogP contribution in [0.25, 0.3) is 0 Å². The quantitative estimate of drug-likeness (QED) is 0.695. The second-order valence-corrected chi connectivity index (χ2v) is 5.78. The standard InChI is InChI=1S/C17H23F2N3O3/c1-20-9-5-10-21-15(23)13-7-4-11-22(13)16(24)12-6-2-3-8-14(12)25-17(18)19/h2-3,6,8,13,17,20H,4-5,7,9-11H2,1H3,(H,21,23). The molecule has 2 rings (SSSR count). The van der Waals surface area contributed by atoms with Gasteiger partial charge in [-0.1, -0.05) is 12.1 Å². The normalized spacial score (nSPS) is 17.0. The number of alkyl halides is 2. The Hall–Kier alpha value is -2.22. The zero-order valence-electron chi connectivity index (χ0n) is 14.1. The number of amides is 2. The number of nitrogens with zero attached hydrogens (tertiary/aromatic N) is 1. The molecule has 1 unspecified atom stereocenters. The summed E-state index contributed by atoms with van der Waals surface area (Å²) >= 11 is 0. The van der Waals surface area contributed by atoms with Gasteiger partial charge in [0.25, 0.3) is 5.91 Å². The summed E-state index contributed by atoms with van der Waals surface area (Å²) in [5.41, 5.74) is 0.0395. The van der Waals surface area contributed by atoms with Crippen molar-refractivity contribution in [2.24, 2.45) is 0 Å². The molecule has 0 saturated carbocycles. The first-order valence-electron chi connectivity index (χ1n) is 8.31. The van der Waals surface area contributed by atoms with Crippen LogP contribution in [0.5, 0.6) is 5.75 Å². The maximum Gasteiger partial charge on any atom is 0.387 e. The predicted octanol–water partition coefficient (Wildman–Crippen LogP) is 1.62. The zero-order chi connectivity index (χ0) is 18.2. The number of para-hydroxylation sites is 1. The fraction of sp³-hybridized carbons (Fsp3) is 0.529. The molecule has 1 aliphatic heterocycles. The van der Waals surface area contributed by atoms with Gasteiger partial charge in [-0.25, -0.2) is 0 Å². The van der Waals surface area contributed by atoms with E-state index >= 15 is 0 Å². The fourth-order valence-electron chi connectivity index (χ4n) is 2.87. The summed E-state index contributed by atoms with van der Waals surface area (Å²) in [6.07, 6.45) is 2.04. The highest BCUT2D eigenvalue weighted by molar-refractivity contribution is 6.00. The smallest absolute Gasteiger partial charge is 0.387 e. The van der Waals surface area contributed by atoms with Crippen molar-refractivity contribution >= 4 is 11.8 Å². The Kier molecular flexibility index (Phi) is 7.12. The number of hydrogen-bond acceptors (Lipinski definition) is 4. The van der Waals surface area contributed by atoms with E-state index in [0.717, 1.165) is 13.0 Å². The van der Waals surface area contributed by atoms with E-state index in [1.165, 1.54) is 23.1 Å². The first-order chi connectivity index (χ1) is 12.0. The van der Waals surface area contributed by atoms with Crippen LogP contribution in [0.3, 0.4) is 0 Å². The molecule has 1 heterocycles. The molecule has 0 aliphatic carbocycles. The highest BCUT2D eigenvalue weighted by atomic mass is 19.3. The molecule has 2 amide bonds. The molecular weight excluding hydrogens is 332 g/mol. The van der Waals surface area contributed by atoms with Gasteiger partial charge in [0.15, 0.2) is 0 Å². The van der Waals surface area contributed by atoms with E-state index in [4.69, 9.17) is 0 Å². The molecule has 1 fully saturated rings. The Balaban J connectivity index is 2.06. The number of likely N-dealkylation sites (tertiary alicyclic amines) is 1. The highest BCUT2D eigenvalue weighted by Crippen LogP contribution is 2.26. The van der Waals surface area contributed by atoms with Crippen LogP contribution in [-0.2, 0) is 4.79 Å². The lowest BCUT2D eigenvalue weighted by Gasteiger charge is -2.25. The van der Waals surface area contributed by atoms with Crippen LogP contribution in [0.1, 0.15) is 29.6 Å². The van der Waals surface area contributed by atoms with E-state index < -0.39 is 18.6 Å². The Labute approximate surface area is 145 Å². The molecule has 25 heavy (non-hydrogen) atoms. The second-order valence-electron chi connectivity index (χ2n) is 5.78. The van der Waals surface area contributed by atoms with Gasteiger partial charge in [-0.2, -0.15) is 8.78 Å². The molecule has 138 valence electrons. The van der Waals surface area contributed by atoms with Gasteiger partial charge < -0.3 is 20.3 Å². The third-order valence-corrected chi connectivity index (χ3v) is 4.05. The summed E-state index contributed by atoms with van der Waals surface area (Å²) in [7, 11) is 1.83. The lowest BCUT2D eigenvalue weighted by atomic mass is 10.1. The van der Waals surface area contributed by atoms with Crippen LogP contribution >= 0.6 is 0 Å². The minimum Gasteiger partial charge on any atom is -0.434 e. The molecule has 1 atom stereocenters. The van der Waals surface area contributed by atoms with E-state index in [9.17, 15) is 18.4 Å². The third kappa shape index (κ3) is 5.12. The van der Waals surface area contributed by atoms with Crippen molar-refractivity contribution in [2.75, 3.05) is 26.7 Å². The van der Waals surface area contributed by atoms with Crippen molar-refractivity contribution in [2.45, 2.75) is 31.9 Å². The summed E-state index contributed by atoms with van der Waals surface area (Å²) in [6, 6.07) is 5.27. The van der Waals surface area contributed by atoms with Crippen LogP contribution in [0.15, 0.2) is 24.3 Å². The van der Waals surface area contributed by atoms with E-state index in [1.54, 1.807) is 6.07 Å². The van der Waals surface area contributed by atoms with Gasteiger partial charge in [0.05, 0.1) is 5.56 Å². The van der Waals surface area contributed by atoms with Gasteiger partial charge in [0.2, 0.25) is 5.91 Å². The minimum absolute atomic E-state index is 0.0395. The van der Waals surface area contributed by atoms with Crippen LogP contribution in [0, 0.1) is 0 Å². The average Bonchev–Trinajstić information content (AvgIpc) is 3.08. The van der Waals surface area contributed by atoms with E-state index in [0.29, 0.717) is 25.9 Å². The number of carbonyl (C=O) groups excluding carboxylic acids is 2. The molecular formula is C17H23F2N3O3. The van der Waals surface area contributed by atoms with Crippen LogP contribution in [-0.4, -0.2) is 56.0 Å². The monoisotopic (exact) mass is 355 g/mol. The lowest BCUT2D eigenvalue weighted by molar-refractivity contribution is -0.124. The van der Waals surface area contributed by atoms with Gasteiger partial charge in [0, 0.05) is 13.1 Å². The molecule has 1 saturated heterocycles. The molecule has 1 aromatic rings. The summed E-state index contributed by atoms with van der Waals surface area (Å²) in [6.45, 7) is -1.30. The first kappa shape index (κ1) is 19.1. The van der Waals surface area contributed by atoms with E-state index in [2.05, 4.69) is 15.4 Å². The zero-order valence-corrected chi connectivity index (χ0v) is 14.1. The summed E-state index contributed by atoms with van der Waals surface area (Å²) < 4.78 is 29.5. The molecule has 1 aliphatic rings. The predicted molar refractivity (Wildman–Crippen MR) is 88.7 cm³/mol. The highest BCUT2D eigenvalue weighted by Gasteiger charge is 2.35. The van der Waals surface area contributed by atoms with Crippen molar-refractivity contribution in [3.05, 3.63) is 29.8 Å². The van der Waals surface area contributed by atoms with Crippen molar-refractivity contribution in [1.82, 2.24) is 15.5 Å². The average molecular weight is 355 g/mol. The summed E-state index contributed by atoms with van der Waals surface area (Å²) in [5.74, 6) is -0.860. The number of rotatable bonds is 8. The Bertz CT molecular complexity index is 598. The summed E-state index contributed by atoms with van der Waals surface area (Å²) in [5, 5.41) is 5.81. The largest absolute Gasteiger partial charge is 0.434 e. The van der Waals surface area contributed by atoms with Crippen LogP contribution in [0.2, 0.25) is 0 Å². The van der Waals surface area contributed by atoms with Gasteiger partial charge in [0.1, 0.15) is 11.8 Å². The Morgan fingerprint density at radius 1 is 1.32 bits per heavy atom. The van der Waals surface area contributed by atoms with Gasteiger partial charge in [-0.05, 0) is 45.0 Å². The minimum atomic E-state index is -3.02. The Morgan fingerprint density at radius 2 is 2.08 bits per heavy atom. The topological polar surface area (TPSA) is 70.7 Å². The van der Waals surface area contributed by atoms with Crippen molar-refractivity contribution in [3.8, 4) is 5.75 Å². The van der Waals surface area contributed by atoms with Crippen molar-refractivity contribution < 1.29 is 23.1 Å². The van der Waals surface area contributed by atoms with Crippen molar-refractivity contribution in [3.63, 3.8) is 0 Å². The maximum atomic E-state index is 12.8. The number of ether oxygens (including phenoxy) is 1. The summed E-state index contributed by atoms with van der Waals surface area (Å²) in [4.78, 5) is 26.5. The van der Waals surface area contributed by atoms with Crippen LogP contribution < -0.4 is 15.4 Å². The van der Waals surface area contributed by atoms with Crippen LogP contribution in [0.4, 0.5) is 8.78 Å². The molecule has 6 nitrogen and oxygen atoms in total. The van der Waals surface area contributed by atoms with E-state index in [-0.39, 0.29) is 17.2 Å². The molecule has 8 heteroatoms. The van der Waals surface area contributed by atoms with Crippen molar-refractivity contribution in [1.29, 1.82) is 0 Å². The first-order valence-corrected chi connectivity index (χ1v) is 8.31. The van der Waals surface area contributed by atoms with Gasteiger partial charge >= 0.3 is 6.61 Å².